The van der Waals surface area contributed by atoms with Crippen molar-refractivity contribution in [3.8, 4) is 11.1 Å². The second-order valence-corrected chi connectivity index (χ2v) is 10.4. The van der Waals surface area contributed by atoms with Crippen molar-refractivity contribution in [2.75, 3.05) is 5.32 Å². The molecule has 0 saturated heterocycles. The number of hydrogen-bond acceptors (Lipinski definition) is 1. The van der Waals surface area contributed by atoms with Crippen LogP contribution in [0.1, 0.15) is 51.3 Å². The predicted octanol–water partition coefficient (Wildman–Crippen LogP) is 9.00. The van der Waals surface area contributed by atoms with Crippen LogP contribution in [0.2, 0.25) is 0 Å². The van der Waals surface area contributed by atoms with E-state index in [0.29, 0.717) is 5.56 Å². The molecule has 1 N–H and O–H groups in total. The Morgan fingerprint density at radius 2 is 1.18 bits per heavy atom. The summed E-state index contributed by atoms with van der Waals surface area (Å²) in [5, 5.41) is 3.57. The minimum absolute atomic E-state index is 0.0473. The van der Waals surface area contributed by atoms with Crippen molar-refractivity contribution in [1.29, 1.82) is 0 Å². The third-order valence-corrected chi connectivity index (χ3v) is 6.44. The molecule has 0 aliphatic carbocycles. The highest BCUT2D eigenvalue weighted by atomic mass is 19.1. The van der Waals surface area contributed by atoms with Crippen molar-refractivity contribution in [3.05, 3.63) is 119 Å². The summed E-state index contributed by atoms with van der Waals surface area (Å²) in [6.07, 6.45) is 0. The average molecular weight is 456 g/mol. The quantitative estimate of drug-likeness (QED) is 0.317. The third-order valence-electron chi connectivity index (χ3n) is 6.44. The Labute approximate surface area is 201 Å². The van der Waals surface area contributed by atoms with Gasteiger partial charge in [0, 0.05) is 28.4 Å². The fraction of sp³-hybridized carbons (Fsp3) is 0.226. The molecule has 3 heteroatoms. The van der Waals surface area contributed by atoms with Gasteiger partial charge in [-0.2, -0.15) is 0 Å². The summed E-state index contributed by atoms with van der Waals surface area (Å²) < 4.78 is 27.6. The summed E-state index contributed by atoms with van der Waals surface area (Å²) >= 11 is 0. The van der Waals surface area contributed by atoms with E-state index in [1.54, 1.807) is 0 Å². The molecule has 0 unspecified atom stereocenters. The second-order valence-electron chi connectivity index (χ2n) is 10.4. The largest absolute Gasteiger partial charge is 0.355 e. The van der Waals surface area contributed by atoms with E-state index in [9.17, 15) is 8.78 Å². The predicted molar refractivity (Wildman–Crippen MR) is 139 cm³/mol. The van der Waals surface area contributed by atoms with Gasteiger partial charge in [-0.3, -0.25) is 0 Å². The molecular weight excluding hydrogens is 424 g/mol. The van der Waals surface area contributed by atoms with Crippen LogP contribution in [0, 0.1) is 11.6 Å². The lowest BCUT2D eigenvalue weighted by Gasteiger charge is -2.26. The van der Waals surface area contributed by atoms with Gasteiger partial charge in [0.05, 0.1) is 0 Å². The van der Waals surface area contributed by atoms with Crippen molar-refractivity contribution in [3.63, 3.8) is 0 Å². The lowest BCUT2D eigenvalue weighted by Crippen LogP contribution is -2.19. The fourth-order valence-electron chi connectivity index (χ4n) is 4.18. The van der Waals surface area contributed by atoms with Gasteiger partial charge >= 0.3 is 0 Å². The molecule has 0 aliphatic heterocycles. The van der Waals surface area contributed by atoms with Crippen molar-refractivity contribution < 1.29 is 8.78 Å². The normalized spacial score (nSPS) is 12.0. The van der Waals surface area contributed by atoms with E-state index in [1.807, 2.05) is 44.2 Å². The summed E-state index contributed by atoms with van der Waals surface area (Å²) in [4.78, 5) is 0. The fourth-order valence-corrected chi connectivity index (χ4v) is 4.18. The lowest BCUT2D eigenvalue weighted by molar-refractivity contribution is 0.561. The summed E-state index contributed by atoms with van der Waals surface area (Å²) in [6, 6.07) is 28.7. The van der Waals surface area contributed by atoms with Gasteiger partial charge in [0.25, 0.3) is 0 Å². The van der Waals surface area contributed by atoms with Crippen LogP contribution in [0.15, 0.2) is 91.0 Å². The number of hydrogen-bond donors (Lipinski definition) is 1. The van der Waals surface area contributed by atoms with Gasteiger partial charge in [0.15, 0.2) is 0 Å². The van der Waals surface area contributed by atoms with Gasteiger partial charge in [-0.15, -0.1) is 0 Å². The molecule has 0 aromatic heterocycles. The zero-order valence-electron chi connectivity index (χ0n) is 20.4. The zero-order valence-corrected chi connectivity index (χ0v) is 20.4. The first-order valence-corrected chi connectivity index (χ1v) is 11.6. The lowest BCUT2D eigenvalue weighted by atomic mass is 9.78. The van der Waals surface area contributed by atoms with Crippen molar-refractivity contribution >= 4 is 11.4 Å². The van der Waals surface area contributed by atoms with Gasteiger partial charge in [0.1, 0.15) is 11.6 Å². The maximum atomic E-state index is 13.8. The molecular formula is C31H31F2N. The Hall–Kier alpha value is -3.46. The van der Waals surface area contributed by atoms with Crippen LogP contribution >= 0.6 is 0 Å². The van der Waals surface area contributed by atoms with Crippen LogP contribution in [0.4, 0.5) is 20.2 Å². The third kappa shape index (κ3) is 5.04. The summed E-state index contributed by atoms with van der Waals surface area (Å²) in [6.45, 7) is 10.6. The van der Waals surface area contributed by atoms with Gasteiger partial charge in [0.2, 0.25) is 0 Å². The Morgan fingerprint density at radius 1 is 0.588 bits per heavy atom. The molecule has 4 aromatic rings. The topological polar surface area (TPSA) is 12.0 Å². The van der Waals surface area contributed by atoms with Gasteiger partial charge in [-0.05, 0) is 64.1 Å². The zero-order chi connectivity index (χ0) is 24.5. The summed E-state index contributed by atoms with van der Waals surface area (Å²) in [5.74, 6) is -1.12. The van der Waals surface area contributed by atoms with Crippen LogP contribution in [0.5, 0.6) is 0 Å². The van der Waals surface area contributed by atoms with E-state index in [-0.39, 0.29) is 5.41 Å². The molecule has 0 fully saturated rings. The van der Waals surface area contributed by atoms with Gasteiger partial charge in [-0.1, -0.05) is 83.1 Å². The molecule has 0 bridgehead atoms. The van der Waals surface area contributed by atoms with Gasteiger partial charge in [-0.25, -0.2) is 8.78 Å². The monoisotopic (exact) mass is 455 g/mol. The highest BCUT2D eigenvalue weighted by molar-refractivity contribution is 5.81. The molecule has 174 valence electrons. The second kappa shape index (κ2) is 9.06. The molecule has 0 amide bonds. The smallest absolute Gasteiger partial charge is 0.126 e. The van der Waals surface area contributed by atoms with Crippen LogP contribution in [-0.2, 0) is 10.8 Å². The molecule has 0 heterocycles. The van der Waals surface area contributed by atoms with Crippen molar-refractivity contribution in [1.82, 2.24) is 0 Å². The summed E-state index contributed by atoms with van der Waals surface area (Å²) in [5.41, 5.74) is 6.65. The first kappa shape index (κ1) is 23.7. The highest BCUT2D eigenvalue weighted by Crippen LogP contribution is 2.36. The minimum Gasteiger partial charge on any atom is -0.355 e. The average Bonchev–Trinajstić information content (AvgIpc) is 2.79. The van der Waals surface area contributed by atoms with E-state index in [0.717, 1.165) is 34.1 Å². The maximum absolute atomic E-state index is 13.8. The number of benzene rings is 4. The molecule has 4 aromatic carbocycles. The standard InChI is InChI=1S/C31H31F2N/c1-30(2,3)23-13-16-29(28(19-23)21-9-7-6-8-10-21)34-27-14-11-22(12-15-27)31(4,5)24-17-25(32)20-26(33)18-24/h6-20,34H,1-5H3. The van der Waals surface area contributed by atoms with Crippen molar-refractivity contribution in [2.24, 2.45) is 0 Å². The van der Waals surface area contributed by atoms with Crippen LogP contribution in [0.3, 0.4) is 0 Å². The Kier molecular flexibility index (Phi) is 6.31. The minimum atomic E-state index is -0.562. The van der Waals surface area contributed by atoms with E-state index >= 15 is 0 Å². The molecule has 0 spiro atoms. The number of nitrogens with one attached hydrogen (secondary N) is 1. The Balaban J connectivity index is 1.66. The maximum Gasteiger partial charge on any atom is 0.126 e. The SMILES string of the molecule is CC(C)(C)c1ccc(Nc2ccc(C(C)(C)c3cc(F)cc(F)c3)cc2)c(-c2ccccc2)c1. The van der Waals surface area contributed by atoms with Gasteiger partial charge < -0.3 is 5.32 Å². The molecule has 1 nitrogen and oxygen atoms in total. The number of rotatable bonds is 5. The van der Waals surface area contributed by atoms with Crippen LogP contribution in [0.25, 0.3) is 11.1 Å². The molecule has 4 rings (SSSR count). The van der Waals surface area contributed by atoms with Crippen molar-refractivity contribution in [2.45, 2.75) is 45.4 Å². The number of anilines is 2. The van der Waals surface area contributed by atoms with E-state index < -0.39 is 17.0 Å². The molecule has 0 aliphatic rings. The first-order chi connectivity index (χ1) is 16.0. The van der Waals surface area contributed by atoms with Crippen LogP contribution < -0.4 is 5.32 Å². The highest BCUT2D eigenvalue weighted by Gasteiger charge is 2.24. The van der Waals surface area contributed by atoms with Crippen LogP contribution in [-0.4, -0.2) is 0 Å². The number of halogens is 2. The molecule has 0 saturated carbocycles. The molecule has 0 radical (unpaired) electrons. The van der Waals surface area contributed by atoms with E-state index in [4.69, 9.17) is 0 Å². The molecule has 0 atom stereocenters. The van der Waals surface area contributed by atoms with E-state index in [1.165, 1.54) is 17.7 Å². The first-order valence-electron chi connectivity index (χ1n) is 11.6. The Bertz CT molecular complexity index is 1260. The Morgan fingerprint density at radius 3 is 1.76 bits per heavy atom. The molecule has 34 heavy (non-hydrogen) atoms. The summed E-state index contributed by atoms with van der Waals surface area (Å²) in [7, 11) is 0. The van der Waals surface area contributed by atoms with E-state index in [2.05, 4.69) is 68.6 Å².